The largest absolute Gasteiger partial charge is 0.335 e. The van der Waals surface area contributed by atoms with Gasteiger partial charge in [-0.1, -0.05) is 0 Å². The number of hydrogen-bond acceptors (Lipinski definition) is 3. The molecule has 3 heterocycles. The van der Waals surface area contributed by atoms with E-state index in [2.05, 4.69) is 22.4 Å². The standard InChI is InChI=1S/C13H20N4O/c1-7-12(8(2)16-15-7)13(18)17-6-10-4-14-5-11(10)9(17)3/h9-11,14H,4-6H2,1-3H3,(H,15,16). The van der Waals surface area contributed by atoms with Gasteiger partial charge in [0.05, 0.1) is 11.3 Å². The number of amides is 1. The van der Waals surface area contributed by atoms with E-state index in [1.54, 1.807) is 0 Å². The van der Waals surface area contributed by atoms with Crippen LogP contribution in [0.2, 0.25) is 0 Å². The highest BCUT2D eigenvalue weighted by Gasteiger charge is 2.44. The number of carbonyl (C=O) groups is 1. The summed E-state index contributed by atoms with van der Waals surface area (Å²) in [7, 11) is 0. The monoisotopic (exact) mass is 248 g/mol. The summed E-state index contributed by atoms with van der Waals surface area (Å²) in [5.41, 5.74) is 2.44. The zero-order chi connectivity index (χ0) is 12.9. The fraction of sp³-hybridized carbons (Fsp3) is 0.692. The predicted molar refractivity (Wildman–Crippen MR) is 68.4 cm³/mol. The van der Waals surface area contributed by atoms with Crippen molar-refractivity contribution >= 4 is 5.91 Å². The Morgan fingerprint density at radius 2 is 2.17 bits per heavy atom. The molecule has 1 aromatic heterocycles. The first-order valence-corrected chi connectivity index (χ1v) is 6.63. The lowest BCUT2D eigenvalue weighted by molar-refractivity contribution is 0.0727. The van der Waals surface area contributed by atoms with Crippen LogP contribution in [0.25, 0.3) is 0 Å². The highest BCUT2D eigenvalue weighted by Crippen LogP contribution is 2.33. The lowest BCUT2D eigenvalue weighted by Gasteiger charge is -2.24. The van der Waals surface area contributed by atoms with Crippen LogP contribution in [0.15, 0.2) is 0 Å². The Morgan fingerprint density at radius 1 is 1.39 bits per heavy atom. The van der Waals surface area contributed by atoms with Gasteiger partial charge in [-0.25, -0.2) is 0 Å². The molecule has 5 nitrogen and oxygen atoms in total. The van der Waals surface area contributed by atoms with Crippen molar-refractivity contribution in [1.82, 2.24) is 20.4 Å². The molecule has 0 bridgehead atoms. The molecular formula is C13H20N4O. The molecule has 2 aliphatic heterocycles. The van der Waals surface area contributed by atoms with Crippen LogP contribution in [0.1, 0.15) is 28.7 Å². The van der Waals surface area contributed by atoms with Crippen molar-refractivity contribution in [1.29, 1.82) is 0 Å². The second-order valence-corrected chi connectivity index (χ2v) is 5.59. The summed E-state index contributed by atoms with van der Waals surface area (Å²) in [4.78, 5) is 14.7. The highest BCUT2D eigenvalue weighted by atomic mass is 16.2. The Morgan fingerprint density at radius 3 is 2.78 bits per heavy atom. The van der Waals surface area contributed by atoms with Gasteiger partial charge in [0.25, 0.3) is 5.91 Å². The molecule has 0 aromatic carbocycles. The Hall–Kier alpha value is -1.36. The molecule has 2 aliphatic rings. The van der Waals surface area contributed by atoms with Crippen LogP contribution in [0.4, 0.5) is 0 Å². The van der Waals surface area contributed by atoms with Crippen molar-refractivity contribution in [2.24, 2.45) is 11.8 Å². The van der Waals surface area contributed by atoms with Gasteiger partial charge in [0.15, 0.2) is 0 Å². The number of H-pyrrole nitrogens is 1. The van der Waals surface area contributed by atoms with Crippen LogP contribution < -0.4 is 5.32 Å². The minimum absolute atomic E-state index is 0.139. The summed E-state index contributed by atoms with van der Waals surface area (Å²) in [5, 5.41) is 10.4. The van der Waals surface area contributed by atoms with Crippen molar-refractivity contribution < 1.29 is 4.79 Å². The van der Waals surface area contributed by atoms with Crippen molar-refractivity contribution in [3.63, 3.8) is 0 Å². The normalized spacial score (nSPS) is 30.8. The van der Waals surface area contributed by atoms with E-state index in [1.165, 1.54) is 0 Å². The number of aromatic amines is 1. The lowest BCUT2D eigenvalue weighted by Crippen LogP contribution is -2.38. The Labute approximate surface area is 107 Å². The molecule has 3 unspecified atom stereocenters. The van der Waals surface area contributed by atoms with Crippen LogP contribution in [-0.2, 0) is 0 Å². The zero-order valence-electron chi connectivity index (χ0n) is 11.2. The number of aryl methyl sites for hydroxylation is 2. The van der Waals surface area contributed by atoms with Crippen LogP contribution in [-0.4, -0.2) is 46.7 Å². The van der Waals surface area contributed by atoms with E-state index in [4.69, 9.17) is 0 Å². The maximum absolute atomic E-state index is 12.6. The first-order valence-electron chi connectivity index (χ1n) is 6.63. The van der Waals surface area contributed by atoms with Crippen molar-refractivity contribution in [3.8, 4) is 0 Å². The number of aromatic nitrogens is 2. The first kappa shape index (κ1) is 11.7. The van der Waals surface area contributed by atoms with E-state index < -0.39 is 0 Å². The van der Waals surface area contributed by atoms with Crippen molar-refractivity contribution in [2.75, 3.05) is 19.6 Å². The maximum Gasteiger partial charge on any atom is 0.257 e. The minimum atomic E-state index is 0.139. The Balaban J connectivity index is 1.86. The van der Waals surface area contributed by atoms with E-state index in [9.17, 15) is 4.79 Å². The molecule has 0 saturated carbocycles. The summed E-state index contributed by atoms with van der Waals surface area (Å²) in [6.07, 6.45) is 0. The van der Waals surface area contributed by atoms with Crippen LogP contribution in [0.5, 0.6) is 0 Å². The van der Waals surface area contributed by atoms with E-state index in [1.807, 2.05) is 18.7 Å². The molecule has 98 valence electrons. The molecule has 3 atom stereocenters. The van der Waals surface area contributed by atoms with Crippen molar-refractivity contribution in [2.45, 2.75) is 26.8 Å². The molecule has 0 radical (unpaired) electrons. The summed E-state index contributed by atoms with van der Waals surface area (Å²) < 4.78 is 0. The topological polar surface area (TPSA) is 61.0 Å². The average Bonchev–Trinajstić information content (AvgIpc) is 2.97. The molecule has 0 spiro atoms. The average molecular weight is 248 g/mol. The van der Waals surface area contributed by atoms with Crippen LogP contribution >= 0.6 is 0 Å². The Bertz CT molecular complexity index is 462. The summed E-state index contributed by atoms with van der Waals surface area (Å²) >= 11 is 0. The summed E-state index contributed by atoms with van der Waals surface area (Å²) in [6, 6.07) is 0.325. The maximum atomic E-state index is 12.6. The van der Waals surface area contributed by atoms with Gasteiger partial charge in [0.2, 0.25) is 0 Å². The first-order chi connectivity index (χ1) is 8.59. The number of carbonyl (C=O) groups excluding carboxylic acids is 1. The highest BCUT2D eigenvalue weighted by molar-refractivity contribution is 5.96. The predicted octanol–water partition coefficient (Wildman–Crippen LogP) is 0.706. The van der Waals surface area contributed by atoms with Gasteiger partial charge in [0.1, 0.15) is 0 Å². The third-order valence-corrected chi connectivity index (χ3v) is 4.54. The van der Waals surface area contributed by atoms with Gasteiger partial charge >= 0.3 is 0 Å². The smallest absolute Gasteiger partial charge is 0.257 e. The molecule has 1 aromatic rings. The number of likely N-dealkylation sites (tertiary alicyclic amines) is 1. The molecule has 0 aliphatic carbocycles. The second-order valence-electron chi connectivity index (χ2n) is 5.59. The van der Waals surface area contributed by atoms with Gasteiger partial charge in [-0.3, -0.25) is 9.89 Å². The second kappa shape index (κ2) is 4.09. The molecule has 18 heavy (non-hydrogen) atoms. The quantitative estimate of drug-likeness (QED) is 0.769. The third kappa shape index (κ3) is 1.57. The van der Waals surface area contributed by atoms with Crippen LogP contribution in [0.3, 0.4) is 0 Å². The minimum Gasteiger partial charge on any atom is -0.335 e. The molecule has 2 fully saturated rings. The van der Waals surface area contributed by atoms with E-state index in [-0.39, 0.29) is 5.91 Å². The van der Waals surface area contributed by atoms with Gasteiger partial charge in [0, 0.05) is 31.4 Å². The van der Waals surface area contributed by atoms with Gasteiger partial charge in [-0.2, -0.15) is 5.10 Å². The SMILES string of the molecule is Cc1n[nH]c(C)c1C(=O)N1CC2CNCC2C1C. The third-order valence-electron chi connectivity index (χ3n) is 4.54. The van der Waals surface area contributed by atoms with Gasteiger partial charge in [-0.05, 0) is 32.6 Å². The van der Waals surface area contributed by atoms with Crippen molar-refractivity contribution in [3.05, 3.63) is 17.0 Å². The molecule has 3 rings (SSSR count). The van der Waals surface area contributed by atoms with Crippen LogP contribution in [0, 0.1) is 25.7 Å². The molecular weight excluding hydrogens is 228 g/mol. The van der Waals surface area contributed by atoms with E-state index >= 15 is 0 Å². The zero-order valence-corrected chi connectivity index (χ0v) is 11.2. The number of nitrogens with one attached hydrogen (secondary N) is 2. The molecule has 5 heteroatoms. The fourth-order valence-corrected chi connectivity index (χ4v) is 3.45. The van der Waals surface area contributed by atoms with Gasteiger partial charge in [-0.15, -0.1) is 0 Å². The number of rotatable bonds is 1. The van der Waals surface area contributed by atoms with E-state index in [0.29, 0.717) is 17.9 Å². The number of fused-ring (bicyclic) bond motifs is 1. The fourth-order valence-electron chi connectivity index (χ4n) is 3.45. The van der Waals surface area contributed by atoms with Gasteiger partial charge < -0.3 is 10.2 Å². The molecule has 1 amide bonds. The lowest BCUT2D eigenvalue weighted by atomic mass is 9.95. The van der Waals surface area contributed by atoms with E-state index in [0.717, 1.165) is 36.6 Å². The summed E-state index contributed by atoms with van der Waals surface area (Å²) in [5.74, 6) is 1.37. The molecule has 2 N–H and O–H groups in total. The number of nitrogens with zero attached hydrogens (tertiary/aromatic N) is 2. The Kier molecular flexibility index (Phi) is 2.66. The summed E-state index contributed by atoms with van der Waals surface area (Å²) in [6.45, 7) is 8.93. The number of hydrogen-bond donors (Lipinski definition) is 2. The molecule has 2 saturated heterocycles.